The summed E-state index contributed by atoms with van der Waals surface area (Å²) >= 11 is 0. The lowest BCUT2D eigenvalue weighted by atomic mass is 10.1. The number of nitro benzene ring substituents is 1. The van der Waals surface area contributed by atoms with E-state index in [0.29, 0.717) is 30.6 Å². The number of carbonyl (C=O) groups is 4. The number of nitrogens with zero attached hydrogens (tertiary/aromatic N) is 1. The first-order chi connectivity index (χ1) is 18.5. The quantitative estimate of drug-likeness (QED) is 0.0714. The summed E-state index contributed by atoms with van der Waals surface area (Å²) < 4.78 is 20.5. The number of benzene rings is 1. The molecule has 0 unspecified atom stereocenters. The summed E-state index contributed by atoms with van der Waals surface area (Å²) in [4.78, 5) is 58.2. The van der Waals surface area contributed by atoms with Crippen molar-refractivity contribution in [2.24, 2.45) is 0 Å². The second-order valence-corrected chi connectivity index (χ2v) is 8.47. The molecule has 0 saturated carbocycles. The molecule has 214 valence electrons. The number of rotatable bonds is 18. The van der Waals surface area contributed by atoms with E-state index < -0.39 is 16.9 Å². The Morgan fingerprint density at radius 1 is 1.05 bits per heavy atom. The summed E-state index contributed by atoms with van der Waals surface area (Å²) in [6.45, 7) is 6.90. The molecule has 0 aliphatic carbocycles. The van der Waals surface area contributed by atoms with Crippen molar-refractivity contribution in [2.45, 2.75) is 58.8 Å². The molecule has 0 fully saturated rings. The third-order valence-electron chi connectivity index (χ3n) is 5.41. The molecule has 0 aliphatic heterocycles. The normalized spacial score (nSPS) is 10.8. The van der Waals surface area contributed by atoms with Crippen LogP contribution in [0.15, 0.2) is 36.1 Å². The second-order valence-electron chi connectivity index (χ2n) is 8.47. The van der Waals surface area contributed by atoms with E-state index in [1.54, 1.807) is 6.92 Å². The van der Waals surface area contributed by atoms with E-state index in [0.717, 1.165) is 0 Å². The first-order valence-electron chi connectivity index (χ1n) is 12.4. The SMILES string of the molecule is C=C(C)C(=O)O/C(=C/C)C(=O)CCCNC(=O)CCCOc1cc([N+](=O)[O-])c(CCCC(=O)OC)cc1OC. The Morgan fingerprint density at radius 3 is 2.36 bits per heavy atom. The van der Waals surface area contributed by atoms with E-state index in [9.17, 15) is 29.3 Å². The molecule has 1 N–H and O–H groups in total. The predicted octanol–water partition coefficient (Wildman–Crippen LogP) is 3.75. The molecule has 12 nitrogen and oxygen atoms in total. The highest BCUT2D eigenvalue weighted by Crippen LogP contribution is 2.35. The molecular formula is C27H36N2O10. The average Bonchev–Trinajstić information content (AvgIpc) is 2.91. The van der Waals surface area contributed by atoms with Crippen molar-refractivity contribution >= 4 is 29.3 Å². The summed E-state index contributed by atoms with van der Waals surface area (Å²) in [5, 5.41) is 14.3. The first kappa shape index (κ1) is 32.8. The fraction of sp³-hybridized carbons (Fsp3) is 0.481. The maximum atomic E-state index is 12.2. The average molecular weight is 549 g/mol. The summed E-state index contributed by atoms with van der Waals surface area (Å²) in [5.74, 6) is -1.25. The van der Waals surface area contributed by atoms with Gasteiger partial charge in [-0.2, -0.15) is 0 Å². The van der Waals surface area contributed by atoms with Crippen molar-refractivity contribution < 1.29 is 43.0 Å². The highest BCUT2D eigenvalue weighted by Gasteiger charge is 2.20. The second kappa shape index (κ2) is 17.3. The Bertz CT molecular complexity index is 1090. The van der Waals surface area contributed by atoms with Gasteiger partial charge < -0.3 is 24.3 Å². The van der Waals surface area contributed by atoms with Gasteiger partial charge in [0, 0.05) is 36.9 Å². The van der Waals surface area contributed by atoms with Gasteiger partial charge >= 0.3 is 11.9 Å². The highest BCUT2D eigenvalue weighted by molar-refractivity contribution is 5.98. The number of nitrogens with one attached hydrogen (secondary N) is 1. The Balaban J connectivity index is 2.51. The minimum Gasteiger partial charge on any atom is -0.493 e. The van der Waals surface area contributed by atoms with Gasteiger partial charge in [0.15, 0.2) is 23.0 Å². The molecule has 0 spiro atoms. The van der Waals surface area contributed by atoms with Gasteiger partial charge in [0.05, 0.1) is 31.8 Å². The summed E-state index contributed by atoms with van der Waals surface area (Å²) in [6, 6.07) is 2.79. The molecule has 0 aliphatic rings. The molecule has 1 aromatic rings. The van der Waals surface area contributed by atoms with Gasteiger partial charge in [0.2, 0.25) is 5.91 Å². The minimum atomic E-state index is -0.675. The van der Waals surface area contributed by atoms with Gasteiger partial charge in [0.1, 0.15) is 0 Å². The fourth-order valence-corrected chi connectivity index (χ4v) is 3.33. The van der Waals surface area contributed by atoms with Crippen LogP contribution in [0, 0.1) is 10.1 Å². The molecule has 12 heteroatoms. The number of Topliss-reactive ketones (excluding diaryl/α,β-unsaturated/α-hetero) is 1. The smallest absolute Gasteiger partial charge is 0.338 e. The number of methoxy groups -OCH3 is 2. The molecule has 0 aromatic heterocycles. The number of hydrogen-bond donors (Lipinski definition) is 1. The molecular weight excluding hydrogens is 512 g/mol. The van der Waals surface area contributed by atoms with Crippen LogP contribution in [-0.4, -0.2) is 55.9 Å². The van der Waals surface area contributed by atoms with E-state index in [1.165, 1.54) is 39.4 Å². The molecule has 0 saturated heterocycles. The third kappa shape index (κ3) is 11.8. The van der Waals surface area contributed by atoms with Crippen LogP contribution in [0.4, 0.5) is 5.69 Å². The predicted molar refractivity (Wildman–Crippen MR) is 141 cm³/mol. The maximum absolute atomic E-state index is 12.2. The van der Waals surface area contributed by atoms with Gasteiger partial charge in [0.25, 0.3) is 5.69 Å². The molecule has 0 bridgehead atoms. The fourth-order valence-electron chi connectivity index (χ4n) is 3.33. The highest BCUT2D eigenvalue weighted by atomic mass is 16.6. The lowest BCUT2D eigenvalue weighted by molar-refractivity contribution is -0.385. The number of amides is 1. The van der Waals surface area contributed by atoms with Gasteiger partial charge in [-0.05, 0) is 51.7 Å². The number of nitro groups is 1. The van der Waals surface area contributed by atoms with E-state index in [4.69, 9.17) is 14.2 Å². The van der Waals surface area contributed by atoms with Crippen LogP contribution in [0.3, 0.4) is 0 Å². The van der Waals surface area contributed by atoms with Gasteiger partial charge in [-0.15, -0.1) is 0 Å². The number of aryl methyl sites for hydroxylation is 1. The van der Waals surface area contributed by atoms with Crippen molar-refractivity contribution in [2.75, 3.05) is 27.4 Å². The number of allylic oxidation sites excluding steroid dienone is 2. The zero-order chi connectivity index (χ0) is 29.4. The molecule has 0 atom stereocenters. The Labute approximate surface area is 227 Å². The van der Waals surface area contributed by atoms with Crippen molar-refractivity contribution in [3.63, 3.8) is 0 Å². The Hall–Kier alpha value is -4.22. The largest absolute Gasteiger partial charge is 0.493 e. The molecule has 1 rings (SSSR count). The van der Waals surface area contributed by atoms with Crippen LogP contribution in [-0.2, 0) is 35.1 Å². The topological polar surface area (TPSA) is 160 Å². The summed E-state index contributed by atoms with van der Waals surface area (Å²) in [6.07, 6.45) is 3.11. The molecule has 1 aromatic carbocycles. The van der Waals surface area contributed by atoms with Crippen molar-refractivity contribution in [1.29, 1.82) is 0 Å². The molecule has 1 amide bonds. The Kier molecular flexibility index (Phi) is 14.6. The summed E-state index contributed by atoms with van der Waals surface area (Å²) in [5.41, 5.74) is 0.430. The maximum Gasteiger partial charge on any atom is 0.338 e. The van der Waals surface area contributed by atoms with Crippen LogP contribution in [0.2, 0.25) is 0 Å². The zero-order valence-corrected chi connectivity index (χ0v) is 22.8. The zero-order valence-electron chi connectivity index (χ0n) is 22.8. The number of ketones is 1. The van der Waals surface area contributed by atoms with Crippen molar-refractivity contribution in [1.82, 2.24) is 5.32 Å². The van der Waals surface area contributed by atoms with E-state index in [1.807, 2.05) is 0 Å². The van der Waals surface area contributed by atoms with Gasteiger partial charge in [-0.1, -0.05) is 6.58 Å². The van der Waals surface area contributed by atoms with Crippen LogP contribution in [0.25, 0.3) is 0 Å². The van der Waals surface area contributed by atoms with E-state index >= 15 is 0 Å². The molecule has 0 radical (unpaired) electrons. The van der Waals surface area contributed by atoms with Crippen LogP contribution in [0.1, 0.15) is 57.9 Å². The number of carbonyl (C=O) groups excluding carboxylic acids is 4. The number of ether oxygens (including phenoxy) is 4. The van der Waals surface area contributed by atoms with Crippen molar-refractivity contribution in [3.05, 3.63) is 51.8 Å². The monoisotopic (exact) mass is 548 g/mol. The molecule has 0 heterocycles. The number of esters is 2. The lowest BCUT2D eigenvalue weighted by Crippen LogP contribution is -2.25. The van der Waals surface area contributed by atoms with Gasteiger partial charge in [-0.25, -0.2) is 4.79 Å². The molecule has 39 heavy (non-hydrogen) atoms. The van der Waals surface area contributed by atoms with Crippen molar-refractivity contribution in [3.8, 4) is 11.5 Å². The summed E-state index contributed by atoms with van der Waals surface area (Å²) in [7, 11) is 2.69. The lowest BCUT2D eigenvalue weighted by Gasteiger charge is -2.13. The van der Waals surface area contributed by atoms with Gasteiger partial charge in [-0.3, -0.25) is 24.5 Å². The Morgan fingerprint density at radius 2 is 1.77 bits per heavy atom. The van der Waals surface area contributed by atoms with Crippen LogP contribution < -0.4 is 14.8 Å². The third-order valence-corrected chi connectivity index (χ3v) is 5.41. The standard InChI is InChI=1S/C27H36N2O10/c1-6-22(39-27(33)18(2)3)21(30)11-8-14-28-25(31)12-9-15-38-24-17-20(29(34)35)19(16-23(24)36-4)10-7-13-26(32)37-5/h6,16-17H,2,7-15H2,1,3-5H3,(H,28,31)/b22-6+. The van der Waals surface area contributed by atoms with E-state index in [2.05, 4.69) is 16.6 Å². The van der Waals surface area contributed by atoms with E-state index in [-0.39, 0.29) is 73.3 Å². The van der Waals surface area contributed by atoms with Crippen LogP contribution in [0.5, 0.6) is 11.5 Å². The minimum absolute atomic E-state index is 0.0589. The van der Waals surface area contributed by atoms with Crippen LogP contribution >= 0.6 is 0 Å². The first-order valence-corrected chi connectivity index (χ1v) is 12.4. The number of hydrogen-bond acceptors (Lipinski definition) is 10.